The molecular formula is C75H142O17P2. The molecule has 554 valence electrons. The average molecular weight is 1380 g/mol. The molecule has 0 aromatic heterocycles. The maximum atomic E-state index is 13.1. The quantitative estimate of drug-likeness (QED) is 0.0169. The van der Waals surface area contributed by atoms with E-state index in [0.717, 1.165) is 121 Å². The number of hydrogen-bond donors (Lipinski definition) is 3. The van der Waals surface area contributed by atoms with Gasteiger partial charge in [-0.05, 0) is 63.2 Å². The minimum atomic E-state index is -4.96. The Balaban J connectivity index is 5.25. The number of phosphoric acid groups is 2. The molecule has 0 heterocycles. The van der Waals surface area contributed by atoms with Gasteiger partial charge in [-0.15, -0.1) is 0 Å². The fraction of sp³-hybridized carbons (Fsp3) is 0.893. The Labute approximate surface area is 573 Å². The van der Waals surface area contributed by atoms with Gasteiger partial charge < -0.3 is 33.8 Å². The Hall–Kier alpha value is -2.46. The molecule has 0 amide bonds. The molecule has 94 heavy (non-hydrogen) atoms. The molecule has 19 heteroatoms. The number of hydrogen-bond acceptors (Lipinski definition) is 15. The number of ether oxygens (including phenoxy) is 4. The van der Waals surface area contributed by atoms with Gasteiger partial charge in [-0.1, -0.05) is 310 Å². The predicted molar refractivity (Wildman–Crippen MR) is 381 cm³/mol. The van der Waals surface area contributed by atoms with Crippen LogP contribution in [-0.4, -0.2) is 96.7 Å². The molecule has 0 aromatic carbocycles. The van der Waals surface area contributed by atoms with Crippen molar-refractivity contribution in [3.8, 4) is 0 Å². The summed E-state index contributed by atoms with van der Waals surface area (Å²) in [5.41, 5.74) is 0. The van der Waals surface area contributed by atoms with E-state index in [1.54, 1.807) is 0 Å². The van der Waals surface area contributed by atoms with Crippen molar-refractivity contribution >= 4 is 39.5 Å². The fourth-order valence-corrected chi connectivity index (χ4v) is 12.5. The Bertz CT molecular complexity index is 1910. The van der Waals surface area contributed by atoms with Gasteiger partial charge in [0.05, 0.1) is 26.4 Å². The molecule has 0 radical (unpaired) electrons. The highest BCUT2D eigenvalue weighted by Crippen LogP contribution is 2.45. The number of rotatable bonds is 72. The van der Waals surface area contributed by atoms with Crippen LogP contribution in [0.3, 0.4) is 0 Å². The SMILES string of the molecule is CCCCCC/C=C\C=C/CCCCCCCC(=O)OC[C@H](COP(=O)(O)OC[C@@H](O)COP(=O)(O)OC[C@@H](COC(=O)CCCCCCCCC(C)C)OC(=O)CCCCCCCCCCCCC)OC(=O)CCCCCCCCCCCCCCCCCCC(C)C. The van der Waals surface area contributed by atoms with Gasteiger partial charge in [0, 0.05) is 25.7 Å². The van der Waals surface area contributed by atoms with E-state index in [0.29, 0.717) is 31.6 Å². The van der Waals surface area contributed by atoms with E-state index in [1.807, 2.05) is 0 Å². The third-order valence-electron chi connectivity index (χ3n) is 16.8. The average Bonchev–Trinajstić information content (AvgIpc) is 1.15. The summed E-state index contributed by atoms with van der Waals surface area (Å²) in [5, 5.41) is 10.6. The summed E-state index contributed by atoms with van der Waals surface area (Å²) in [5.74, 6) is -0.664. The van der Waals surface area contributed by atoms with Crippen molar-refractivity contribution in [3.05, 3.63) is 24.3 Å². The van der Waals surface area contributed by atoms with Gasteiger partial charge in [-0.25, -0.2) is 9.13 Å². The molecule has 0 rings (SSSR count). The molecular weight excluding hydrogens is 1230 g/mol. The molecule has 0 bridgehead atoms. The van der Waals surface area contributed by atoms with E-state index in [-0.39, 0.29) is 25.7 Å². The minimum Gasteiger partial charge on any atom is -0.462 e. The zero-order valence-corrected chi connectivity index (χ0v) is 62.5. The second kappa shape index (κ2) is 66.4. The summed E-state index contributed by atoms with van der Waals surface area (Å²) in [6.45, 7) is 9.46. The van der Waals surface area contributed by atoms with Crippen LogP contribution in [0.15, 0.2) is 24.3 Å². The summed E-state index contributed by atoms with van der Waals surface area (Å²) >= 11 is 0. The summed E-state index contributed by atoms with van der Waals surface area (Å²) in [6, 6.07) is 0. The molecule has 0 spiro atoms. The number of unbranched alkanes of at least 4 members (excludes halogenated alkanes) is 39. The van der Waals surface area contributed by atoms with Crippen LogP contribution in [0.4, 0.5) is 0 Å². The van der Waals surface area contributed by atoms with Gasteiger partial charge in [0.15, 0.2) is 12.2 Å². The van der Waals surface area contributed by atoms with Gasteiger partial charge in [0.1, 0.15) is 19.3 Å². The number of aliphatic hydroxyl groups excluding tert-OH is 1. The third kappa shape index (κ3) is 68.1. The molecule has 0 fully saturated rings. The van der Waals surface area contributed by atoms with E-state index in [9.17, 15) is 43.2 Å². The van der Waals surface area contributed by atoms with Gasteiger partial charge in [-0.2, -0.15) is 0 Å². The predicted octanol–water partition coefficient (Wildman–Crippen LogP) is 21.5. The van der Waals surface area contributed by atoms with Crippen molar-refractivity contribution in [2.75, 3.05) is 39.6 Å². The van der Waals surface area contributed by atoms with Crippen molar-refractivity contribution in [1.29, 1.82) is 0 Å². The highest BCUT2D eigenvalue weighted by atomic mass is 31.2. The van der Waals surface area contributed by atoms with Crippen LogP contribution in [0.25, 0.3) is 0 Å². The molecule has 0 saturated heterocycles. The van der Waals surface area contributed by atoms with Gasteiger partial charge in [0.25, 0.3) is 0 Å². The minimum absolute atomic E-state index is 0.101. The number of carbonyl (C=O) groups is 4. The number of aliphatic hydroxyl groups is 1. The first-order valence-electron chi connectivity index (χ1n) is 38.3. The van der Waals surface area contributed by atoms with Crippen LogP contribution in [-0.2, 0) is 65.4 Å². The second-order valence-electron chi connectivity index (χ2n) is 27.3. The first-order chi connectivity index (χ1) is 45.4. The molecule has 3 N–H and O–H groups in total. The van der Waals surface area contributed by atoms with E-state index in [2.05, 4.69) is 65.8 Å². The smallest absolute Gasteiger partial charge is 0.462 e. The maximum Gasteiger partial charge on any atom is 0.472 e. The maximum absolute atomic E-state index is 13.1. The standard InChI is InChI=1S/C75H142O17P2/c1-7-9-11-13-15-17-19-20-23-27-31-34-38-45-51-57-72(77)85-63-70(91-75(80)60-54-48-40-36-32-28-25-22-21-24-26-30-33-37-43-49-55-67(3)4)65-89-93(81,82)87-61-69(76)62-88-94(83,84)90-66-71(64-86-73(78)58-52-46-42-41-44-50-56-68(5)6)92-74(79)59-53-47-39-35-29-18-16-14-12-10-8-2/h17,19-20,23,67-71,76H,7-16,18,21-22,24-66H2,1-6H3,(H,81,82)(H,83,84)/b19-17-,23-20-/t69-,70-,71-/m1/s1. The first-order valence-corrected chi connectivity index (χ1v) is 41.3. The zero-order valence-electron chi connectivity index (χ0n) is 60.7. The van der Waals surface area contributed by atoms with Crippen LogP contribution < -0.4 is 0 Å². The summed E-state index contributed by atoms with van der Waals surface area (Å²) in [6.07, 6.45) is 56.5. The monoisotopic (exact) mass is 1380 g/mol. The Morgan fingerprint density at radius 1 is 0.330 bits per heavy atom. The lowest BCUT2D eigenvalue weighted by molar-refractivity contribution is -0.161. The highest BCUT2D eigenvalue weighted by molar-refractivity contribution is 7.47. The third-order valence-corrected chi connectivity index (χ3v) is 18.7. The second-order valence-corrected chi connectivity index (χ2v) is 30.2. The van der Waals surface area contributed by atoms with E-state index >= 15 is 0 Å². The molecule has 17 nitrogen and oxygen atoms in total. The van der Waals surface area contributed by atoms with Crippen molar-refractivity contribution in [2.45, 2.75) is 381 Å². The fourth-order valence-electron chi connectivity index (χ4n) is 10.9. The largest absolute Gasteiger partial charge is 0.472 e. The van der Waals surface area contributed by atoms with E-state index in [1.165, 1.54) is 154 Å². The lowest BCUT2D eigenvalue weighted by atomic mass is 10.0. The van der Waals surface area contributed by atoms with Crippen molar-refractivity contribution in [3.63, 3.8) is 0 Å². The van der Waals surface area contributed by atoms with Crippen LogP contribution in [0.1, 0.15) is 363 Å². The lowest BCUT2D eigenvalue weighted by Gasteiger charge is -2.21. The Kier molecular flexibility index (Phi) is 64.7. The van der Waals surface area contributed by atoms with Crippen molar-refractivity contribution < 1.29 is 80.2 Å². The molecule has 0 aliphatic carbocycles. The molecule has 0 aromatic rings. The molecule has 0 aliphatic heterocycles. The van der Waals surface area contributed by atoms with Gasteiger partial charge in [0.2, 0.25) is 0 Å². The van der Waals surface area contributed by atoms with Crippen molar-refractivity contribution in [2.24, 2.45) is 11.8 Å². The summed E-state index contributed by atoms with van der Waals surface area (Å²) in [7, 11) is -9.92. The molecule has 0 aliphatic rings. The van der Waals surface area contributed by atoms with Gasteiger partial charge >= 0.3 is 39.5 Å². The van der Waals surface area contributed by atoms with Crippen LogP contribution >= 0.6 is 15.6 Å². The number of carbonyl (C=O) groups excluding carboxylic acids is 4. The van der Waals surface area contributed by atoms with E-state index in [4.69, 9.17) is 37.0 Å². The van der Waals surface area contributed by atoms with Gasteiger partial charge in [-0.3, -0.25) is 37.3 Å². The van der Waals surface area contributed by atoms with Crippen molar-refractivity contribution in [1.82, 2.24) is 0 Å². The molecule has 5 atom stereocenters. The van der Waals surface area contributed by atoms with Crippen LogP contribution in [0, 0.1) is 11.8 Å². The van der Waals surface area contributed by atoms with E-state index < -0.39 is 97.5 Å². The Morgan fingerprint density at radius 3 is 0.872 bits per heavy atom. The topological polar surface area (TPSA) is 237 Å². The number of phosphoric ester groups is 2. The molecule has 0 saturated carbocycles. The number of esters is 4. The lowest BCUT2D eigenvalue weighted by Crippen LogP contribution is -2.30. The summed E-state index contributed by atoms with van der Waals surface area (Å²) < 4.78 is 68.4. The molecule has 2 unspecified atom stereocenters. The zero-order chi connectivity index (χ0) is 69.3. The summed E-state index contributed by atoms with van der Waals surface area (Å²) in [4.78, 5) is 72.7. The van der Waals surface area contributed by atoms with Crippen LogP contribution in [0.5, 0.6) is 0 Å². The Morgan fingerprint density at radius 2 is 0.574 bits per heavy atom. The normalized spacial score (nSPS) is 14.2. The first kappa shape index (κ1) is 91.5. The highest BCUT2D eigenvalue weighted by Gasteiger charge is 2.30. The van der Waals surface area contributed by atoms with Crippen LogP contribution in [0.2, 0.25) is 0 Å². The number of allylic oxidation sites excluding steroid dienone is 4.